The molecule has 3 rings (SSSR count). The lowest BCUT2D eigenvalue weighted by Crippen LogP contribution is -2.53. The Balaban J connectivity index is 2.04. The van der Waals surface area contributed by atoms with Crippen molar-refractivity contribution in [3.63, 3.8) is 0 Å². The fourth-order valence-electron chi connectivity index (χ4n) is 3.47. The molecule has 0 aliphatic carbocycles. The molecule has 30 heavy (non-hydrogen) atoms. The van der Waals surface area contributed by atoms with Gasteiger partial charge < -0.3 is 10.4 Å². The first-order chi connectivity index (χ1) is 13.8. The van der Waals surface area contributed by atoms with Gasteiger partial charge in [0.15, 0.2) is 0 Å². The van der Waals surface area contributed by atoms with E-state index >= 15 is 0 Å². The fourth-order valence-corrected chi connectivity index (χ4v) is 5.17. The standard InChI is InChI=1S/C19H16F7NO2S/c20-14-5-7-15(8-6-14)30(29)16(9-10-27-11-16)12-1-3-13(4-2-12)17(28,18(21,22)23)19(24,25)26/h1-8,27-28H,9-11H2. The lowest BCUT2D eigenvalue weighted by atomic mass is 9.89. The maximum absolute atomic E-state index is 13.2. The van der Waals surface area contributed by atoms with Gasteiger partial charge in [0, 0.05) is 17.0 Å². The highest BCUT2D eigenvalue weighted by Gasteiger charge is 2.71. The Labute approximate surface area is 169 Å². The molecule has 3 nitrogen and oxygen atoms in total. The third-order valence-corrected chi connectivity index (χ3v) is 7.14. The van der Waals surface area contributed by atoms with E-state index < -0.39 is 44.9 Å². The molecule has 1 aliphatic heterocycles. The lowest BCUT2D eigenvalue weighted by Gasteiger charge is -2.33. The van der Waals surface area contributed by atoms with Gasteiger partial charge in [-0.25, -0.2) is 4.39 Å². The van der Waals surface area contributed by atoms with Gasteiger partial charge >= 0.3 is 12.4 Å². The van der Waals surface area contributed by atoms with E-state index in [-0.39, 0.29) is 17.0 Å². The summed E-state index contributed by atoms with van der Waals surface area (Å²) in [6, 6.07) is 7.94. The van der Waals surface area contributed by atoms with Crippen molar-refractivity contribution >= 4 is 10.8 Å². The molecule has 1 fully saturated rings. The van der Waals surface area contributed by atoms with Gasteiger partial charge in [-0.05, 0) is 42.8 Å². The average molecular weight is 455 g/mol. The Kier molecular flexibility index (Phi) is 5.76. The largest absolute Gasteiger partial charge is 0.430 e. The van der Waals surface area contributed by atoms with Crippen LogP contribution >= 0.6 is 0 Å². The number of alkyl halides is 6. The smallest absolute Gasteiger partial charge is 0.369 e. The predicted octanol–water partition coefficient (Wildman–Crippen LogP) is 4.13. The summed E-state index contributed by atoms with van der Waals surface area (Å²) in [7, 11) is -1.77. The van der Waals surface area contributed by atoms with Crippen molar-refractivity contribution in [2.45, 2.75) is 34.0 Å². The zero-order valence-corrected chi connectivity index (χ0v) is 16.0. The molecule has 0 amide bonds. The van der Waals surface area contributed by atoms with Gasteiger partial charge in [-0.2, -0.15) is 26.3 Å². The molecule has 1 heterocycles. The Bertz CT molecular complexity index is 904. The topological polar surface area (TPSA) is 49.3 Å². The molecule has 2 aromatic rings. The summed E-state index contributed by atoms with van der Waals surface area (Å²) in [6.07, 6.45) is -11.7. The Morgan fingerprint density at radius 2 is 1.43 bits per heavy atom. The third-order valence-electron chi connectivity index (χ3n) is 5.15. The van der Waals surface area contributed by atoms with Crippen LogP contribution in [-0.4, -0.2) is 34.8 Å². The summed E-state index contributed by atoms with van der Waals surface area (Å²) in [5.41, 5.74) is -6.18. The van der Waals surface area contributed by atoms with Gasteiger partial charge in [-0.3, -0.25) is 4.21 Å². The molecule has 1 saturated heterocycles. The summed E-state index contributed by atoms with van der Waals surface area (Å²) in [5, 5.41) is 12.5. The summed E-state index contributed by atoms with van der Waals surface area (Å²) in [5.74, 6) is -0.544. The van der Waals surface area contributed by atoms with Crippen LogP contribution in [0.4, 0.5) is 30.7 Å². The molecule has 2 unspecified atom stereocenters. The Morgan fingerprint density at radius 3 is 1.87 bits per heavy atom. The molecule has 1 aliphatic rings. The molecule has 11 heteroatoms. The monoisotopic (exact) mass is 455 g/mol. The van der Waals surface area contributed by atoms with E-state index in [1.807, 2.05) is 0 Å². The number of benzene rings is 2. The molecule has 0 aromatic heterocycles. The molecular weight excluding hydrogens is 439 g/mol. The average Bonchev–Trinajstić information content (AvgIpc) is 3.17. The first kappa shape index (κ1) is 22.7. The summed E-state index contributed by atoms with van der Waals surface area (Å²) < 4.78 is 104. The number of hydrogen-bond acceptors (Lipinski definition) is 3. The van der Waals surface area contributed by atoms with Gasteiger partial charge in [0.2, 0.25) is 0 Å². The van der Waals surface area contributed by atoms with E-state index in [0.717, 1.165) is 24.3 Å². The van der Waals surface area contributed by atoms with Crippen molar-refractivity contribution in [3.05, 3.63) is 65.5 Å². The van der Waals surface area contributed by atoms with Gasteiger partial charge in [0.05, 0.1) is 15.5 Å². The second kappa shape index (κ2) is 7.61. The Morgan fingerprint density at radius 1 is 0.900 bits per heavy atom. The maximum Gasteiger partial charge on any atom is 0.430 e. The molecule has 2 aromatic carbocycles. The zero-order chi connectivity index (χ0) is 22.4. The van der Waals surface area contributed by atoms with E-state index in [2.05, 4.69) is 5.32 Å². The van der Waals surface area contributed by atoms with Crippen LogP contribution in [0.5, 0.6) is 0 Å². The number of nitrogens with one attached hydrogen (secondary N) is 1. The van der Waals surface area contributed by atoms with Crippen molar-refractivity contribution < 1.29 is 40.0 Å². The second-order valence-corrected chi connectivity index (χ2v) is 8.72. The summed E-state index contributed by atoms with van der Waals surface area (Å²) >= 11 is 0. The van der Waals surface area contributed by atoms with Crippen molar-refractivity contribution in [1.82, 2.24) is 5.32 Å². The minimum Gasteiger partial charge on any atom is -0.369 e. The first-order valence-corrected chi connectivity index (χ1v) is 9.83. The van der Waals surface area contributed by atoms with E-state index in [0.29, 0.717) is 25.1 Å². The SMILES string of the molecule is O=S(c1ccc(F)cc1)C1(c2ccc(C(O)(C(F)(F)F)C(F)(F)F)cc2)CCNC1. The van der Waals surface area contributed by atoms with Crippen LogP contribution in [0.3, 0.4) is 0 Å². The van der Waals surface area contributed by atoms with Gasteiger partial charge in [0.1, 0.15) is 5.82 Å². The minimum absolute atomic E-state index is 0.152. The summed E-state index contributed by atoms with van der Waals surface area (Å²) in [6.45, 7) is 0.572. The highest BCUT2D eigenvalue weighted by atomic mass is 32.2. The third kappa shape index (κ3) is 3.63. The number of halogens is 7. The fraction of sp³-hybridized carbons (Fsp3) is 0.368. The quantitative estimate of drug-likeness (QED) is 0.682. The van der Waals surface area contributed by atoms with Crippen molar-refractivity contribution in [1.29, 1.82) is 0 Å². The Hall–Kier alpha value is -1.98. The van der Waals surface area contributed by atoms with Gasteiger partial charge in [-0.1, -0.05) is 24.3 Å². The van der Waals surface area contributed by atoms with Crippen molar-refractivity contribution in [3.8, 4) is 0 Å². The van der Waals surface area contributed by atoms with Crippen molar-refractivity contribution in [2.24, 2.45) is 0 Å². The van der Waals surface area contributed by atoms with Gasteiger partial charge in [0.25, 0.3) is 5.60 Å². The van der Waals surface area contributed by atoms with Crippen LogP contribution in [0, 0.1) is 5.82 Å². The summed E-state index contributed by atoms with van der Waals surface area (Å²) in [4.78, 5) is 0.270. The van der Waals surface area contributed by atoms with Crippen LogP contribution in [-0.2, 0) is 21.1 Å². The first-order valence-electron chi connectivity index (χ1n) is 8.68. The molecule has 0 spiro atoms. The molecule has 2 atom stereocenters. The highest BCUT2D eigenvalue weighted by molar-refractivity contribution is 7.86. The van der Waals surface area contributed by atoms with Crippen LogP contribution in [0.15, 0.2) is 53.4 Å². The predicted molar refractivity (Wildman–Crippen MR) is 94.4 cm³/mol. The lowest BCUT2D eigenvalue weighted by molar-refractivity contribution is -0.376. The highest BCUT2D eigenvalue weighted by Crippen LogP contribution is 2.50. The van der Waals surface area contributed by atoms with Crippen molar-refractivity contribution in [2.75, 3.05) is 13.1 Å². The van der Waals surface area contributed by atoms with Crippen LogP contribution < -0.4 is 5.32 Å². The van der Waals surface area contributed by atoms with E-state index in [1.54, 1.807) is 0 Å². The molecule has 0 radical (unpaired) electrons. The molecular formula is C19H16F7NO2S. The normalized spacial score (nSPS) is 21.6. The maximum atomic E-state index is 13.2. The van der Waals surface area contributed by atoms with E-state index in [4.69, 9.17) is 0 Å². The number of aliphatic hydroxyl groups is 1. The van der Waals surface area contributed by atoms with Crippen LogP contribution in [0.1, 0.15) is 17.5 Å². The molecule has 0 bridgehead atoms. The molecule has 0 saturated carbocycles. The van der Waals surface area contributed by atoms with Crippen LogP contribution in [0.25, 0.3) is 0 Å². The molecule has 164 valence electrons. The van der Waals surface area contributed by atoms with Gasteiger partial charge in [-0.15, -0.1) is 0 Å². The number of rotatable bonds is 4. The second-order valence-electron chi connectivity index (χ2n) is 6.93. The van der Waals surface area contributed by atoms with Crippen LogP contribution in [0.2, 0.25) is 0 Å². The molecule has 2 N–H and O–H groups in total. The zero-order valence-electron chi connectivity index (χ0n) is 15.1. The minimum atomic E-state index is -5.99. The van der Waals surface area contributed by atoms with E-state index in [9.17, 15) is 40.0 Å². The number of hydrogen-bond donors (Lipinski definition) is 2. The van der Waals surface area contributed by atoms with E-state index in [1.165, 1.54) is 12.1 Å².